The summed E-state index contributed by atoms with van der Waals surface area (Å²) in [5, 5.41) is 8.20. The average molecular weight is 199 g/mol. The lowest BCUT2D eigenvalue weighted by atomic mass is 10.6. The maximum absolute atomic E-state index is 8.20. The molecule has 5 heteroatoms. The van der Waals surface area contributed by atoms with Crippen molar-refractivity contribution in [3.8, 4) is 0 Å². The molecule has 0 unspecified atom stereocenters. The Balaban J connectivity index is -0.0000000417. The van der Waals surface area contributed by atoms with Crippen molar-refractivity contribution in [3.05, 3.63) is 0 Å². The SMILES string of the molecule is CN(C)CCO.Cl.Cl.Cl. The molecule has 1 N–H and O–H groups in total. The third kappa shape index (κ3) is 28.2. The van der Waals surface area contributed by atoms with E-state index in [0.717, 1.165) is 6.54 Å². The predicted octanol–water partition coefficient (Wildman–Crippen LogP) is 0.806. The van der Waals surface area contributed by atoms with Crippen molar-refractivity contribution in [2.75, 3.05) is 27.2 Å². The summed E-state index contributed by atoms with van der Waals surface area (Å²) < 4.78 is 0. The largest absolute Gasteiger partial charge is 0.395 e. The molecule has 0 fully saturated rings. The van der Waals surface area contributed by atoms with Crippen molar-refractivity contribution in [2.24, 2.45) is 0 Å². The van der Waals surface area contributed by atoms with E-state index in [0.29, 0.717) is 0 Å². The molecule has 0 aliphatic heterocycles. The Morgan fingerprint density at radius 2 is 1.44 bits per heavy atom. The number of nitrogens with zero attached hydrogens (tertiary/aromatic N) is 1. The Kier molecular flexibility index (Phi) is 39.9. The highest BCUT2D eigenvalue weighted by atomic mass is 35.5. The fourth-order valence-corrected chi connectivity index (χ4v) is 0.200. The zero-order valence-electron chi connectivity index (χ0n) is 5.53. The van der Waals surface area contributed by atoms with Gasteiger partial charge in [-0.25, -0.2) is 0 Å². The first-order valence-electron chi connectivity index (χ1n) is 2.03. The van der Waals surface area contributed by atoms with Crippen LogP contribution in [0.2, 0.25) is 0 Å². The molecular formula is C4H14Cl3NO. The minimum Gasteiger partial charge on any atom is -0.395 e. The number of likely N-dealkylation sites (N-methyl/N-ethyl adjacent to an activating group) is 1. The Hall–Kier alpha value is 0.790. The van der Waals surface area contributed by atoms with Crippen molar-refractivity contribution in [1.29, 1.82) is 0 Å². The molecule has 0 rings (SSSR count). The molecule has 0 aliphatic rings. The second-order valence-corrected chi connectivity index (χ2v) is 1.53. The van der Waals surface area contributed by atoms with Gasteiger partial charge in [0.1, 0.15) is 0 Å². The monoisotopic (exact) mass is 197 g/mol. The highest BCUT2D eigenvalue weighted by Crippen LogP contribution is 1.66. The molecule has 0 aromatic carbocycles. The number of rotatable bonds is 2. The molecule has 0 radical (unpaired) electrons. The number of aliphatic hydroxyl groups excluding tert-OH is 1. The van der Waals surface area contributed by atoms with Crippen LogP contribution in [0.15, 0.2) is 0 Å². The quantitative estimate of drug-likeness (QED) is 0.710. The third-order valence-electron chi connectivity index (χ3n) is 0.547. The maximum Gasteiger partial charge on any atom is 0.0558 e. The first-order valence-corrected chi connectivity index (χ1v) is 2.03. The van der Waals surface area contributed by atoms with Gasteiger partial charge in [-0.3, -0.25) is 0 Å². The van der Waals surface area contributed by atoms with Crippen molar-refractivity contribution in [2.45, 2.75) is 0 Å². The van der Waals surface area contributed by atoms with Gasteiger partial charge in [0.15, 0.2) is 0 Å². The predicted molar refractivity (Wildman–Crippen MR) is 47.4 cm³/mol. The van der Waals surface area contributed by atoms with Gasteiger partial charge >= 0.3 is 0 Å². The van der Waals surface area contributed by atoms with E-state index >= 15 is 0 Å². The average Bonchev–Trinajstić information content (AvgIpc) is 1.35. The summed E-state index contributed by atoms with van der Waals surface area (Å²) in [6, 6.07) is 0. The molecule has 0 aromatic heterocycles. The molecule has 0 aromatic rings. The molecule has 9 heavy (non-hydrogen) atoms. The summed E-state index contributed by atoms with van der Waals surface area (Å²) in [6.45, 7) is 1.02. The van der Waals surface area contributed by atoms with Gasteiger partial charge in [-0.05, 0) is 14.1 Å². The van der Waals surface area contributed by atoms with E-state index < -0.39 is 0 Å². The molecule has 0 spiro atoms. The Morgan fingerprint density at radius 1 is 1.11 bits per heavy atom. The summed E-state index contributed by atoms with van der Waals surface area (Å²) in [5.41, 5.74) is 0. The van der Waals surface area contributed by atoms with Gasteiger partial charge in [-0.1, -0.05) is 0 Å². The van der Waals surface area contributed by atoms with Crippen LogP contribution < -0.4 is 0 Å². The minimum absolute atomic E-state index is 0. The standard InChI is InChI=1S/C4H11NO.3ClH/c1-5(2)3-4-6;;;/h6H,3-4H2,1-2H3;3*1H. The highest BCUT2D eigenvalue weighted by Gasteiger charge is 1.80. The second-order valence-electron chi connectivity index (χ2n) is 1.53. The topological polar surface area (TPSA) is 23.5 Å². The fourth-order valence-electron chi connectivity index (χ4n) is 0.200. The van der Waals surface area contributed by atoms with Gasteiger partial charge < -0.3 is 10.0 Å². The highest BCUT2D eigenvalue weighted by molar-refractivity contribution is 5.86. The molecule has 0 aliphatic carbocycles. The molecule has 0 heterocycles. The van der Waals surface area contributed by atoms with E-state index in [-0.39, 0.29) is 43.8 Å². The Morgan fingerprint density at radius 3 is 1.44 bits per heavy atom. The van der Waals surface area contributed by atoms with Crippen molar-refractivity contribution in [1.82, 2.24) is 4.90 Å². The van der Waals surface area contributed by atoms with Gasteiger partial charge in [0.05, 0.1) is 6.61 Å². The molecule has 62 valence electrons. The Labute approximate surface area is 74.8 Å². The van der Waals surface area contributed by atoms with Crippen LogP contribution in [0.5, 0.6) is 0 Å². The second kappa shape index (κ2) is 15.9. The van der Waals surface area contributed by atoms with Crippen LogP contribution in [-0.4, -0.2) is 37.3 Å². The van der Waals surface area contributed by atoms with Gasteiger partial charge in [0.2, 0.25) is 0 Å². The van der Waals surface area contributed by atoms with Crippen molar-refractivity contribution < 1.29 is 5.11 Å². The molecule has 2 nitrogen and oxygen atoms in total. The molecular weight excluding hydrogens is 184 g/mol. The number of hydrogen-bond acceptors (Lipinski definition) is 2. The minimum atomic E-state index is 0. The zero-order chi connectivity index (χ0) is 4.99. The van der Waals surface area contributed by atoms with Gasteiger partial charge in [0, 0.05) is 6.54 Å². The molecule has 0 amide bonds. The van der Waals surface area contributed by atoms with Crippen LogP contribution in [0.1, 0.15) is 0 Å². The molecule has 0 atom stereocenters. The fraction of sp³-hybridized carbons (Fsp3) is 1.00. The maximum atomic E-state index is 8.20. The molecule has 0 bridgehead atoms. The summed E-state index contributed by atoms with van der Waals surface area (Å²) >= 11 is 0. The molecule has 0 saturated heterocycles. The lowest BCUT2D eigenvalue weighted by Gasteiger charge is -2.03. The van der Waals surface area contributed by atoms with E-state index in [4.69, 9.17) is 5.11 Å². The lowest BCUT2D eigenvalue weighted by Crippen LogP contribution is -2.15. The van der Waals surface area contributed by atoms with Crippen LogP contribution in [0.25, 0.3) is 0 Å². The summed E-state index contributed by atoms with van der Waals surface area (Å²) in [6.07, 6.45) is 0. The van der Waals surface area contributed by atoms with Crippen LogP contribution in [0.4, 0.5) is 0 Å². The lowest BCUT2D eigenvalue weighted by molar-refractivity contribution is 0.243. The van der Waals surface area contributed by atoms with Crippen LogP contribution >= 0.6 is 37.2 Å². The van der Waals surface area contributed by atoms with E-state index in [9.17, 15) is 0 Å². The van der Waals surface area contributed by atoms with E-state index in [1.807, 2.05) is 19.0 Å². The summed E-state index contributed by atoms with van der Waals surface area (Å²) in [5.74, 6) is 0. The van der Waals surface area contributed by atoms with Crippen LogP contribution in [0.3, 0.4) is 0 Å². The van der Waals surface area contributed by atoms with Crippen molar-refractivity contribution >= 4 is 37.2 Å². The Bertz CT molecular complexity index is 37.0. The normalized spacial score (nSPS) is 6.67. The first-order chi connectivity index (χ1) is 2.77. The smallest absolute Gasteiger partial charge is 0.0558 e. The van der Waals surface area contributed by atoms with E-state index in [2.05, 4.69) is 0 Å². The summed E-state index contributed by atoms with van der Waals surface area (Å²) in [7, 11) is 3.85. The molecule has 0 saturated carbocycles. The van der Waals surface area contributed by atoms with Gasteiger partial charge in [0.25, 0.3) is 0 Å². The van der Waals surface area contributed by atoms with Crippen molar-refractivity contribution in [3.63, 3.8) is 0 Å². The van der Waals surface area contributed by atoms with E-state index in [1.54, 1.807) is 0 Å². The third-order valence-corrected chi connectivity index (χ3v) is 0.547. The number of aliphatic hydroxyl groups is 1. The van der Waals surface area contributed by atoms with Gasteiger partial charge in [-0.15, -0.1) is 37.2 Å². The first kappa shape index (κ1) is 22.6. The van der Waals surface area contributed by atoms with Crippen LogP contribution in [-0.2, 0) is 0 Å². The van der Waals surface area contributed by atoms with Gasteiger partial charge in [-0.2, -0.15) is 0 Å². The zero-order valence-corrected chi connectivity index (χ0v) is 7.98. The summed E-state index contributed by atoms with van der Waals surface area (Å²) in [4.78, 5) is 1.93. The van der Waals surface area contributed by atoms with Crippen LogP contribution in [0, 0.1) is 0 Å². The number of hydrogen-bond donors (Lipinski definition) is 1. The van der Waals surface area contributed by atoms with E-state index in [1.165, 1.54) is 0 Å². The number of halogens is 3.